The Morgan fingerprint density at radius 2 is 1.78 bits per heavy atom. The molecule has 0 aliphatic carbocycles. The number of nitrogens with zero attached hydrogens (tertiary/aromatic N) is 1. The molecule has 4 rings (SSSR count). The van der Waals surface area contributed by atoms with Crippen LogP contribution in [0.15, 0.2) is 78.9 Å². The second kappa shape index (κ2) is 12.2. The molecule has 3 aromatic carbocycles. The van der Waals surface area contributed by atoms with Gasteiger partial charge in [-0.15, -0.1) is 0 Å². The van der Waals surface area contributed by atoms with E-state index < -0.39 is 0 Å². The van der Waals surface area contributed by atoms with Crippen molar-refractivity contribution in [3.05, 3.63) is 107 Å². The predicted molar refractivity (Wildman–Crippen MR) is 139 cm³/mol. The van der Waals surface area contributed by atoms with Crippen LogP contribution in [0.5, 0.6) is 5.75 Å². The number of hydrogen-bond acceptors (Lipinski definition) is 3. The van der Waals surface area contributed by atoms with Crippen LogP contribution in [0, 0.1) is 18.7 Å². The molecule has 1 N–H and O–H groups in total. The molecule has 5 nitrogen and oxygen atoms in total. The van der Waals surface area contributed by atoms with Gasteiger partial charge in [-0.1, -0.05) is 54.6 Å². The number of nitrogens with one attached hydrogen (secondary N) is 1. The van der Waals surface area contributed by atoms with E-state index in [-0.39, 0.29) is 23.5 Å². The van der Waals surface area contributed by atoms with Crippen molar-refractivity contribution in [1.29, 1.82) is 0 Å². The van der Waals surface area contributed by atoms with Crippen LogP contribution in [-0.2, 0) is 22.7 Å². The zero-order valence-electron chi connectivity index (χ0n) is 20.5. The quantitative estimate of drug-likeness (QED) is 0.441. The van der Waals surface area contributed by atoms with E-state index in [1.807, 2.05) is 60.7 Å². The molecule has 1 fully saturated rings. The first-order chi connectivity index (χ1) is 17.5. The molecule has 186 valence electrons. The Bertz CT molecular complexity index is 1220. The van der Waals surface area contributed by atoms with E-state index in [2.05, 4.69) is 5.32 Å². The molecule has 1 aliphatic heterocycles. The van der Waals surface area contributed by atoms with E-state index in [1.54, 1.807) is 30.0 Å². The molecule has 2 amide bonds. The molecule has 0 bridgehead atoms. The average Bonchev–Trinajstić information content (AvgIpc) is 2.92. The predicted octanol–water partition coefficient (Wildman–Crippen LogP) is 5.28. The highest BCUT2D eigenvalue weighted by Gasteiger charge is 2.26. The number of piperidine rings is 1. The largest absolute Gasteiger partial charge is 0.489 e. The summed E-state index contributed by atoms with van der Waals surface area (Å²) in [7, 11) is 0. The maximum atomic E-state index is 13.7. The Balaban J connectivity index is 1.22. The van der Waals surface area contributed by atoms with E-state index in [4.69, 9.17) is 4.74 Å². The fourth-order valence-corrected chi connectivity index (χ4v) is 4.16. The van der Waals surface area contributed by atoms with Crippen molar-refractivity contribution in [3.8, 4) is 5.75 Å². The molecule has 1 heterocycles. The third-order valence-electron chi connectivity index (χ3n) is 6.41. The summed E-state index contributed by atoms with van der Waals surface area (Å²) in [5.74, 6) is 0.207. The van der Waals surface area contributed by atoms with Gasteiger partial charge in [0.15, 0.2) is 0 Å². The number of halogens is 1. The minimum atomic E-state index is -0.270. The average molecular weight is 487 g/mol. The summed E-state index contributed by atoms with van der Waals surface area (Å²) >= 11 is 0. The van der Waals surface area contributed by atoms with E-state index in [0.717, 1.165) is 22.4 Å². The minimum absolute atomic E-state index is 0.0501. The van der Waals surface area contributed by atoms with Crippen LogP contribution in [0.2, 0.25) is 0 Å². The zero-order chi connectivity index (χ0) is 25.3. The second-order valence-corrected chi connectivity index (χ2v) is 9.08. The number of amides is 2. The van der Waals surface area contributed by atoms with Crippen LogP contribution in [0.4, 0.5) is 4.39 Å². The molecular weight excluding hydrogens is 455 g/mol. The van der Waals surface area contributed by atoms with Gasteiger partial charge in [0.2, 0.25) is 11.8 Å². The maximum Gasteiger partial charge on any atom is 0.246 e. The third-order valence-corrected chi connectivity index (χ3v) is 6.41. The van der Waals surface area contributed by atoms with Crippen LogP contribution < -0.4 is 10.1 Å². The lowest BCUT2D eigenvalue weighted by Gasteiger charge is -2.30. The fraction of sp³-hybridized carbons (Fsp3) is 0.267. The molecule has 36 heavy (non-hydrogen) atoms. The van der Waals surface area contributed by atoms with Gasteiger partial charge in [-0.25, -0.2) is 4.39 Å². The van der Waals surface area contributed by atoms with Gasteiger partial charge >= 0.3 is 0 Å². The third kappa shape index (κ3) is 7.04. The number of aryl methyl sites for hydroxylation is 1. The summed E-state index contributed by atoms with van der Waals surface area (Å²) < 4.78 is 19.6. The molecule has 0 radical (unpaired) electrons. The van der Waals surface area contributed by atoms with Crippen LogP contribution in [0.1, 0.15) is 35.1 Å². The van der Waals surface area contributed by atoms with Gasteiger partial charge in [-0.3, -0.25) is 9.59 Å². The Morgan fingerprint density at radius 3 is 2.53 bits per heavy atom. The summed E-state index contributed by atoms with van der Waals surface area (Å²) in [6.45, 7) is 3.55. The second-order valence-electron chi connectivity index (χ2n) is 9.08. The van der Waals surface area contributed by atoms with Gasteiger partial charge in [0.25, 0.3) is 0 Å². The van der Waals surface area contributed by atoms with Crippen LogP contribution >= 0.6 is 0 Å². The Hall–Kier alpha value is -3.93. The van der Waals surface area contributed by atoms with Crippen molar-refractivity contribution in [2.24, 2.45) is 5.92 Å². The van der Waals surface area contributed by atoms with Crippen molar-refractivity contribution in [1.82, 2.24) is 10.2 Å². The Labute approximate surface area is 211 Å². The SMILES string of the molecule is Cc1ccc(CNC(=O)C2CCN(C(=O)/C=C/c3cccc(OCc4ccccc4)c3)CC2)cc1F. The molecular formula is C30H31FN2O3. The van der Waals surface area contributed by atoms with Crippen molar-refractivity contribution < 1.29 is 18.7 Å². The zero-order valence-corrected chi connectivity index (χ0v) is 20.5. The molecule has 0 atom stereocenters. The number of hydrogen-bond donors (Lipinski definition) is 1. The monoisotopic (exact) mass is 486 g/mol. The number of likely N-dealkylation sites (tertiary alicyclic amines) is 1. The first kappa shape index (κ1) is 25.2. The topological polar surface area (TPSA) is 58.6 Å². The maximum absolute atomic E-state index is 13.7. The molecule has 0 aromatic heterocycles. The Kier molecular flexibility index (Phi) is 8.50. The van der Waals surface area contributed by atoms with Crippen LogP contribution in [0.3, 0.4) is 0 Å². The highest BCUT2D eigenvalue weighted by Crippen LogP contribution is 2.20. The lowest BCUT2D eigenvalue weighted by atomic mass is 9.95. The van der Waals surface area contributed by atoms with Gasteiger partial charge in [0.05, 0.1) is 0 Å². The molecule has 0 saturated carbocycles. The Morgan fingerprint density at radius 1 is 1.00 bits per heavy atom. The lowest BCUT2D eigenvalue weighted by Crippen LogP contribution is -2.42. The molecule has 1 aliphatic rings. The van der Waals surface area contributed by atoms with E-state index in [9.17, 15) is 14.0 Å². The molecule has 1 saturated heterocycles. The van der Waals surface area contributed by atoms with Crippen LogP contribution in [0.25, 0.3) is 6.08 Å². The number of ether oxygens (including phenoxy) is 1. The van der Waals surface area contributed by atoms with Crippen molar-refractivity contribution in [3.63, 3.8) is 0 Å². The molecule has 0 unspecified atom stereocenters. The number of carbonyl (C=O) groups is 2. The summed E-state index contributed by atoms with van der Waals surface area (Å²) in [5, 5.41) is 2.90. The van der Waals surface area contributed by atoms with Crippen LogP contribution in [-0.4, -0.2) is 29.8 Å². The number of benzene rings is 3. The standard InChI is InChI=1S/C30H31FN2O3/c1-22-10-11-25(19-28(22)31)20-32-30(35)26-14-16-33(17-15-26)29(34)13-12-23-8-5-9-27(18-23)36-21-24-6-3-2-4-7-24/h2-13,18-19,26H,14-17,20-21H2,1H3,(H,32,35)/b13-12+. The van der Waals surface area contributed by atoms with Gasteiger partial charge in [-0.05, 0) is 66.3 Å². The van der Waals surface area contributed by atoms with Crippen molar-refractivity contribution >= 4 is 17.9 Å². The first-order valence-electron chi connectivity index (χ1n) is 12.2. The van der Waals surface area contributed by atoms with E-state index in [1.165, 1.54) is 6.07 Å². The van der Waals surface area contributed by atoms with E-state index in [0.29, 0.717) is 44.6 Å². The highest BCUT2D eigenvalue weighted by atomic mass is 19.1. The van der Waals surface area contributed by atoms with Gasteiger partial charge in [0, 0.05) is 31.6 Å². The lowest BCUT2D eigenvalue weighted by molar-refractivity contribution is -0.132. The van der Waals surface area contributed by atoms with Gasteiger partial charge < -0.3 is 15.0 Å². The van der Waals surface area contributed by atoms with Crippen molar-refractivity contribution in [2.75, 3.05) is 13.1 Å². The minimum Gasteiger partial charge on any atom is -0.489 e. The van der Waals surface area contributed by atoms with Crippen molar-refractivity contribution in [2.45, 2.75) is 32.9 Å². The fourth-order valence-electron chi connectivity index (χ4n) is 4.16. The molecule has 0 spiro atoms. The van der Waals surface area contributed by atoms with E-state index >= 15 is 0 Å². The highest BCUT2D eigenvalue weighted by molar-refractivity contribution is 5.92. The molecule has 6 heteroatoms. The number of carbonyl (C=O) groups excluding carboxylic acids is 2. The normalized spacial score (nSPS) is 14.1. The molecule has 3 aromatic rings. The summed E-state index contributed by atoms with van der Waals surface area (Å²) in [6.07, 6.45) is 4.58. The van der Waals surface area contributed by atoms with Gasteiger partial charge in [-0.2, -0.15) is 0 Å². The summed E-state index contributed by atoms with van der Waals surface area (Å²) in [4.78, 5) is 27.0. The summed E-state index contributed by atoms with van der Waals surface area (Å²) in [6, 6.07) is 22.6. The van der Waals surface area contributed by atoms with Gasteiger partial charge in [0.1, 0.15) is 18.2 Å². The number of rotatable bonds is 8. The first-order valence-corrected chi connectivity index (χ1v) is 12.2. The summed E-state index contributed by atoms with van der Waals surface area (Å²) in [5.41, 5.74) is 3.30. The smallest absolute Gasteiger partial charge is 0.246 e.